The van der Waals surface area contributed by atoms with E-state index in [1.165, 1.54) is 5.56 Å². The number of carbonyl (C=O) groups is 1. The predicted molar refractivity (Wildman–Crippen MR) is 51.8 cm³/mol. The van der Waals surface area contributed by atoms with E-state index in [9.17, 15) is 4.79 Å². The van der Waals surface area contributed by atoms with E-state index in [1.807, 2.05) is 18.2 Å². The van der Waals surface area contributed by atoms with Crippen LogP contribution in [-0.2, 0) is 14.9 Å². The third kappa shape index (κ3) is 0.834. The molecule has 2 fully saturated rings. The Morgan fingerprint density at radius 2 is 2.07 bits per heavy atom. The van der Waals surface area contributed by atoms with Crippen molar-refractivity contribution in [3.63, 3.8) is 0 Å². The number of esters is 1. The second-order valence-electron chi connectivity index (χ2n) is 4.22. The van der Waals surface area contributed by atoms with E-state index in [2.05, 4.69) is 12.1 Å². The minimum absolute atomic E-state index is 0.0000954. The van der Waals surface area contributed by atoms with Crippen molar-refractivity contribution in [2.24, 2.45) is 5.92 Å². The molecule has 1 aliphatic heterocycles. The molecule has 0 N–H and O–H groups in total. The largest absolute Gasteiger partial charge is 0.464 e. The number of fused-ring (bicyclic) bond motifs is 1. The maximum Gasteiger partial charge on any atom is 0.310 e. The third-order valence-corrected chi connectivity index (χ3v) is 3.65. The Morgan fingerprint density at radius 3 is 2.64 bits per heavy atom. The number of ether oxygens (including phenoxy) is 1. The lowest BCUT2D eigenvalue weighted by Crippen LogP contribution is -2.44. The molecule has 2 nitrogen and oxygen atoms in total. The molecule has 0 bridgehead atoms. The van der Waals surface area contributed by atoms with Crippen LogP contribution in [0.4, 0.5) is 0 Å². The average molecular weight is 188 g/mol. The minimum Gasteiger partial charge on any atom is -0.464 e. The molecule has 2 atom stereocenters. The van der Waals surface area contributed by atoms with Gasteiger partial charge in [-0.05, 0) is 18.4 Å². The van der Waals surface area contributed by atoms with Gasteiger partial charge >= 0.3 is 5.97 Å². The van der Waals surface area contributed by atoms with Crippen molar-refractivity contribution in [3.05, 3.63) is 35.9 Å². The fourth-order valence-electron chi connectivity index (χ4n) is 2.65. The molecule has 72 valence electrons. The molecule has 1 heterocycles. The first-order valence-corrected chi connectivity index (χ1v) is 5.05. The molecule has 2 unspecified atom stereocenters. The van der Waals surface area contributed by atoms with Crippen LogP contribution in [0.5, 0.6) is 0 Å². The fraction of sp³-hybridized carbons (Fsp3) is 0.417. The van der Waals surface area contributed by atoms with Gasteiger partial charge in [-0.2, -0.15) is 0 Å². The van der Waals surface area contributed by atoms with Gasteiger partial charge in [-0.1, -0.05) is 30.3 Å². The Labute approximate surface area is 82.9 Å². The van der Waals surface area contributed by atoms with Crippen LogP contribution in [0.1, 0.15) is 18.4 Å². The number of hydrogen-bond donors (Lipinski definition) is 0. The second kappa shape index (κ2) is 2.59. The maximum atomic E-state index is 11.4. The molecule has 1 saturated carbocycles. The van der Waals surface area contributed by atoms with Crippen molar-refractivity contribution in [3.8, 4) is 0 Å². The van der Waals surface area contributed by atoms with Crippen LogP contribution in [0.2, 0.25) is 0 Å². The Hall–Kier alpha value is -1.31. The second-order valence-corrected chi connectivity index (χ2v) is 4.22. The number of cyclic esters (lactones) is 1. The highest BCUT2D eigenvalue weighted by Gasteiger charge is 2.57. The minimum atomic E-state index is 0.0000954. The first-order valence-electron chi connectivity index (χ1n) is 5.05. The molecule has 0 amide bonds. The van der Waals surface area contributed by atoms with Crippen LogP contribution in [0.3, 0.4) is 0 Å². The summed E-state index contributed by atoms with van der Waals surface area (Å²) in [5.41, 5.74) is 1.29. The third-order valence-electron chi connectivity index (χ3n) is 3.65. The summed E-state index contributed by atoms with van der Waals surface area (Å²) in [5.74, 6) is 0.130. The van der Waals surface area contributed by atoms with Crippen molar-refractivity contribution in [1.29, 1.82) is 0 Å². The van der Waals surface area contributed by atoms with Gasteiger partial charge in [0, 0.05) is 5.41 Å². The van der Waals surface area contributed by atoms with Crippen molar-refractivity contribution >= 4 is 5.97 Å². The SMILES string of the molecule is O=C1OCC2(c3ccccc3)CCC12. The van der Waals surface area contributed by atoms with E-state index >= 15 is 0 Å². The monoisotopic (exact) mass is 188 g/mol. The van der Waals surface area contributed by atoms with Gasteiger partial charge in [0.1, 0.15) is 6.61 Å². The van der Waals surface area contributed by atoms with Gasteiger partial charge in [0.25, 0.3) is 0 Å². The maximum absolute atomic E-state index is 11.4. The summed E-state index contributed by atoms with van der Waals surface area (Å²) in [5, 5.41) is 0. The van der Waals surface area contributed by atoms with Gasteiger partial charge in [-0.3, -0.25) is 4.79 Å². The summed E-state index contributed by atoms with van der Waals surface area (Å²) >= 11 is 0. The summed E-state index contributed by atoms with van der Waals surface area (Å²) in [7, 11) is 0. The standard InChI is InChI=1S/C12H12O2/c13-11-10-6-7-12(10,8-14-11)9-4-2-1-3-5-9/h1-5,10H,6-8H2. The highest BCUT2D eigenvalue weighted by molar-refractivity contribution is 5.79. The van der Waals surface area contributed by atoms with Crippen LogP contribution in [0.25, 0.3) is 0 Å². The van der Waals surface area contributed by atoms with Crippen LogP contribution in [-0.4, -0.2) is 12.6 Å². The fourth-order valence-corrected chi connectivity index (χ4v) is 2.65. The molecule has 0 aromatic heterocycles. The molecule has 1 aromatic rings. The molecule has 0 radical (unpaired) electrons. The van der Waals surface area contributed by atoms with Gasteiger partial charge in [0.15, 0.2) is 0 Å². The zero-order chi connectivity index (χ0) is 9.60. The lowest BCUT2D eigenvalue weighted by atomic mass is 9.58. The normalized spacial score (nSPS) is 34.6. The Bertz CT molecular complexity index is 371. The molecule has 2 aliphatic rings. The van der Waals surface area contributed by atoms with E-state index in [0.29, 0.717) is 6.61 Å². The van der Waals surface area contributed by atoms with Crippen LogP contribution >= 0.6 is 0 Å². The summed E-state index contributed by atoms with van der Waals surface area (Å²) < 4.78 is 5.16. The lowest BCUT2D eigenvalue weighted by Gasteiger charge is -2.41. The molecule has 14 heavy (non-hydrogen) atoms. The first-order chi connectivity index (χ1) is 6.83. The number of benzene rings is 1. The first kappa shape index (κ1) is 8.04. The summed E-state index contributed by atoms with van der Waals surface area (Å²) in [6, 6.07) is 10.3. The quantitative estimate of drug-likeness (QED) is 0.629. The van der Waals surface area contributed by atoms with Crippen LogP contribution in [0.15, 0.2) is 30.3 Å². The van der Waals surface area contributed by atoms with Gasteiger partial charge in [-0.25, -0.2) is 0 Å². The van der Waals surface area contributed by atoms with E-state index in [1.54, 1.807) is 0 Å². The molecule has 2 heteroatoms. The summed E-state index contributed by atoms with van der Waals surface area (Å²) in [4.78, 5) is 11.4. The van der Waals surface area contributed by atoms with E-state index in [4.69, 9.17) is 4.74 Å². The number of hydrogen-bond acceptors (Lipinski definition) is 2. The molecule has 0 spiro atoms. The van der Waals surface area contributed by atoms with E-state index in [0.717, 1.165) is 12.8 Å². The van der Waals surface area contributed by atoms with E-state index in [-0.39, 0.29) is 17.3 Å². The Morgan fingerprint density at radius 1 is 1.29 bits per heavy atom. The van der Waals surface area contributed by atoms with Crippen molar-refractivity contribution in [2.75, 3.05) is 6.61 Å². The molecule has 3 rings (SSSR count). The van der Waals surface area contributed by atoms with Crippen LogP contribution < -0.4 is 0 Å². The van der Waals surface area contributed by atoms with Crippen molar-refractivity contribution < 1.29 is 9.53 Å². The molecular formula is C12H12O2. The zero-order valence-electron chi connectivity index (χ0n) is 7.90. The summed E-state index contributed by atoms with van der Waals surface area (Å²) in [6.07, 6.45) is 2.08. The van der Waals surface area contributed by atoms with Gasteiger partial charge in [0.05, 0.1) is 5.92 Å². The molecular weight excluding hydrogens is 176 g/mol. The van der Waals surface area contributed by atoms with Crippen molar-refractivity contribution in [1.82, 2.24) is 0 Å². The Kier molecular flexibility index (Phi) is 1.49. The predicted octanol–water partition coefficient (Wildman–Crippen LogP) is 1.89. The molecule has 1 aliphatic carbocycles. The molecule has 1 saturated heterocycles. The van der Waals surface area contributed by atoms with Crippen molar-refractivity contribution in [2.45, 2.75) is 18.3 Å². The van der Waals surface area contributed by atoms with Gasteiger partial charge in [-0.15, -0.1) is 0 Å². The zero-order valence-corrected chi connectivity index (χ0v) is 7.90. The number of carbonyl (C=O) groups excluding carboxylic acids is 1. The lowest BCUT2D eigenvalue weighted by molar-refractivity contribution is -0.142. The van der Waals surface area contributed by atoms with E-state index < -0.39 is 0 Å². The Balaban J connectivity index is 2.03. The summed E-state index contributed by atoms with van der Waals surface area (Å²) in [6.45, 7) is 0.584. The molecule has 1 aromatic carbocycles. The highest BCUT2D eigenvalue weighted by atomic mass is 16.5. The smallest absolute Gasteiger partial charge is 0.310 e. The highest BCUT2D eigenvalue weighted by Crippen LogP contribution is 2.53. The van der Waals surface area contributed by atoms with Gasteiger partial charge < -0.3 is 4.74 Å². The van der Waals surface area contributed by atoms with Gasteiger partial charge in [0.2, 0.25) is 0 Å². The number of rotatable bonds is 1. The average Bonchev–Trinajstić information content (AvgIpc) is 2.39. The van der Waals surface area contributed by atoms with Crippen LogP contribution in [0, 0.1) is 5.92 Å². The topological polar surface area (TPSA) is 26.3 Å².